The second-order valence-electron chi connectivity index (χ2n) is 8.10. The second kappa shape index (κ2) is 9.76. The van der Waals surface area contributed by atoms with Crippen molar-refractivity contribution in [2.45, 2.75) is 45.6 Å². The molecule has 0 aromatic heterocycles. The number of fused-ring (bicyclic) bond motifs is 1. The van der Waals surface area contributed by atoms with Gasteiger partial charge in [-0.3, -0.25) is 14.6 Å². The first kappa shape index (κ1) is 21.1. The molecular formula is C22H33N5O2. The average molecular weight is 400 g/mol. The summed E-state index contributed by atoms with van der Waals surface area (Å²) < 4.78 is 0. The van der Waals surface area contributed by atoms with Crippen LogP contribution in [0.3, 0.4) is 0 Å². The molecule has 2 amide bonds. The summed E-state index contributed by atoms with van der Waals surface area (Å²) in [4.78, 5) is 32.8. The number of nitrogens with one attached hydrogen (secondary N) is 2. The number of carbonyl (C=O) groups excluding carboxylic acids is 2. The van der Waals surface area contributed by atoms with Crippen molar-refractivity contribution < 1.29 is 9.59 Å². The molecule has 7 nitrogen and oxygen atoms in total. The summed E-state index contributed by atoms with van der Waals surface area (Å²) in [5, 5.41) is 6.69. The number of likely N-dealkylation sites (tertiary alicyclic amines) is 1. The molecule has 0 radical (unpaired) electrons. The number of nitrogens with zero attached hydrogens (tertiary/aromatic N) is 3. The minimum absolute atomic E-state index is 0.0336. The van der Waals surface area contributed by atoms with Gasteiger partial charge < -0.3 is 20.4 Å². The quantitative estimate of drug-likeness (QED) is 0.434. The van der Waals surface area contributed by atoms with Gasteiger partial charge in [0, 0.05) is 57.3 Å². The monoisotopic (exact) mass is 399 g/mol. The van der Waals surface area contributed by atoms with Gasteiger partial charge in [0.15, 0.2) is 5.96 Å². The van der Waals surface area contributed by atoms with Gasteiger partial charge in [-0.2, -0.15) is 0 Å². The Morgan fingerprint density at radius 2 is 2.03 bits per heavy atom. The Kier molecular flexibility index (Phi) is 7.12. The Morgan fingerprint density at radius 1 is 1.24 bits per heavy atom. The average Bonchev–Trinajstić information content (AvgIpc) is 3.36. The van der Waals surface area contributed by atoms with Crippen molar-refractivity contribution in [3.63, 3.8) is 0 Å². The van der Waals surface area contributed by atoms with Gasteiger partial charge in [0.1, 0.15) is 0 Å². The molecule has 0 spiro atoms. The van der Waals surface area contributed by atoms with E-state index in [9.17, 15) is 9.59 Å². The topological polar surface area (TPSA) is 77.0 Å². The normalized spacial score (nSPS) is 18.9. The van der Waals surface area contributed by atoms with Crippen LogP contribution in [0.15, 0.2) is 29.3 Å². The number of rotatable bonds is 6. The third-order valence-corrected chi connectivity index (χ3v) is 5.61. The summed E-state index contributed by atoms with van der Waals surface area (Å²) in [6, 6.07) is 8.35. The van der Waals surface area contributed by atoms with Gasteiger partial charge in [0.2, 0.25) is 11.8 Å². The lowest BCUT2D eigenvalue weighted by Crippen LogP contribution is -2.45. The fraction of sp³-hybridized carbons (Fsp3) is 0.591. The molecule has 29 heavy (non-hydrogen) atoms. The Hall–Kier alpha value is -2.57. The molecule has 1 aromatic carbocycles. The number of aliphatic imine (C=N–C) groups is 1. The van der Waals surface area contributed by atoms with Gasteiger partial charge in [0.05, 0.1) is 0 Å². The zero-order valence-corrected chi connectivity index (χ0v) is 17.8. The van der Waals surface area contributed by atoms with Gasteiger partial charge in [-0.15, -0.1) is 0 Å². The number of hydrogen-bond donors (Lipinski definition) is 2. The van der Waals surface area contributed by atoms with E-state index in [1.807, 2.05) is 41.8 Å². The third kappa shape index (κ3) is 5.28. The lowest BCUT2D eigenvalue weighted by atomic mass is 10.2. The molecule has 2 heterocycles. The molecule has 158 valence electrons. The fourth-order valence-corrected chi connectivity index (χ4v) is 4.01. The largest absolute Gasteiger partial charge is 0.356 e. The standard InChI is InChI=1S/C22H33N5O2/c1-16(2)21(29)26-13-11-18(15-26)25-22(23-3)24-12-6-9-20(28)27-14-10-17-7-4-5-8-19(17)27/h4-5,7-8,16,18H,6,9-15H2,1-3H3,(H2,23,24,25). The predicted octanol–water partition coefficient (Wildman–Crippen LogP) is 1.78. The summed E-state index contributed by atoms with van der Waals surface area (Å²) >= 11 is 0. The van der Waals surface area contributed by atoms with Crippen LogP contribution in [0.4, 0.5) is 5.69 Å². The van der Waals surface area contributed by atoms with Crippen molar-refractivity contribution in [2.75, 3.05) is 38.1 Å². The van der Waals surface area contributed by atoms with Gasteiger partial charge in [0.25, 0.3) is 0 Å². The summed E-state index contributed by atoms with van der Waals surface area (Å²) in [5.41, 5.74) is 2.31. The molecule has 7 heteroatoms. The Bertz CT molecular complexity index is 761. The van der Waals surface area contributed by atoms with Crippen molar-refractivity contribution in [1.82, 2.24) is 15.5 Å². The molecule has 2 aliphatic heterocycles. The first-order chi connectivity index (χ1) is 14.0. The minimum atomic E-state index is 0.0336. The second-order valence-corrected chi connectivity index (χ2v) is 8.10. The lowest BCUT2D eigenvalue weighted by molar-refractivity contribution is -0.133. The van der Waals surface area contributed by atoms with Crippen LogP contribution < -0.4 is 15.5 Å². The molecule has 0 bridgehead atoms. The van der Waals surface area contributed by atoms with Crippen LogP contribution in [-0.4, -0.2) is 61.9 Å². The van der Waals surface area contributed by atoms with Crippen LogP contribution in [0.5, 0.6) is 0 Å². The number of amides is 2. The van der Waals surface area contributed by atoms with E-state index in [-0.39, 0.29) is 23.8 Å². The Labute approximate surface area is 173 Å². The Morgan fingerprint density at radius 3 is 2.79 bits per heavy atom. The molecular weight excluding hydrogens is 366 g/mol. The SMILES string of the molecule is CN=C(NCCCC(=O)N1CCc2ccccc21)NC1CCN(C(=O)C(C)C)C1. The van der Waals surface area contributed by atoms with Gasteiger partial charge >= 0.3 is 0 Å². The van der Waals surface area contributed by atoms with Crippen molar-refractivity contribution in [1.29, 1.82) is 0 Å². The highest BCUT2D eigenvalue weighted by atomic mass is 16.2. The fourth-order valence-electron chi connectivity index (χ4n) is 4.01. The number of benzene rings is 1. The number of hydrogen-bond acceptors (Lipinski definition) is 3. The summed E-state index contributed by atoms with van der Waals surface area (Å²) in [5.74, 6) is 1.15. The first-order valence-corrected chi connectivity index (χ1v) is 10.6. The molecule has 3 rings (SSSR count). The zero-order valence-electron chi connectivity index (χ0n) is 17.8. The van der Waals surface area contributed by atoms with Gasteiger partial charge in [-0.05, 0) is 30.9 Å². The predicted molar refractivity (Wildman–Crippen MR) is 116 cm³/mol. The maximum atomic E-state index is 12.6. The maximum absolute atomic E-state index is 12.6. The van der Waals surface area contributed by atoms with Crippen LogP contribution in [0.1, 0.15) is 38.7 Å². The molecule has 2 aliphatic rings. The van der Waals surface area contributed by atoms with Crippen LogP contribution in [0.25, 0.3) is 0 Å². The molecule has 1 unspecified atom stereocenters. The van der Waals surface area contributed by atoms with E-state index < -0.39 is 0 Å². The number of para-hydroxylation sites is 1. The molecule has 0 saturated carbocycles. The molecule has 2 N–H and O–H groups in total. The van der Waals surface area contributed by atoms with Crippen molar-refractivity contribution in [3.8, 4) is 0 Å². The highest BCUT2D eigenvalue weighted by Gasteiger charge is 2.28. The molecule has 1 fully saturated rings. The number of guanidine groups is 1. The van der Waals surface area contributed by atoms with Crippen molar-refractivity contribution >= 4 is 23.5 Å². The van der Waals surface area contributed by atoms with Crippen molar-refractivity contribution in [3.05, 3.63) is 29.8 Å². The molecule has 1 atom stereocenters. The highest BCUT2D eigenvalue weighted by molar-refractivity contribution is 5.95. The van der Waals surface area contributed by atoms with Crippen LogP contribution in [0.2, 0.25) is 0 Å². The smallest absolute Gasteiger partial charge is 0.227 e. The summed E-state index contributed by atoms with van der Waals surface area (Å²) in [7, 11) is 1.74. The van der Waals surface area contributed by atoms with E-state index in [2.05, 4.69) is 21.7 Å². The molecule has 1 aromatic rings. The van der Waals surface area contributed by atoms with Gasteiger partial charge in [-0.1, -0.05) is 32.0 Å². The summed E-state index contributed by atoms with van der Waals surface area (Å²) in [6.45, 7) is 6.84. The van der Waals surface area contributed by atoms with Crippen molar-refractivity contribution in [2.24, 2.45) is 10.9 Å². The Balaban J connectivity index is 1.38. The molecule has 1 saturated heterocycles. The van der Waals surface area contributed by atoms with E-state index in [0.717, 1.165) is 44.0 Å². The summed E-state index contributed by atoms with van der Waals surface area (Å²) in [6.07, 6.45) is 3.12. The van der Waals surface area contributed by atoms with E-state index in [1.165, 1.54) is 5.56 Å². The third-order valence-electron chi connectivity index (χ3n) is 5.61. The number of anilines is 1. The van der Waals surface area contributed by atoms with Crippen LogP contribution in [-0.2, 0) is 16.0 Å². The zero-order chi connectivity index (χ0) is 20.8. The van der Waals surface area contributed by atoms with Crippen LogP contribution >= 0.6 is 0 Å². The lowest BCUT2D eigenvalue weighted by Gasteiger charge is -2.20. The van der Waals surface area contributed by atoms with E-state index >= 15 is 0 Å². The van der Waals surface area contributed by atoms with E-state index in [4.69, 9.17) is 0 Å². The highest BCUT2D eigenvalue weighted by Crippen LogP contribution is 2.27. The molecule has 0 aliphatic carbocycles. The number of carbonyl (C=O) groups is 2. The maximum Gasteiger partial charge on any atom is 0.227 e. The van der Waals surface area contributed by atoms with Crippen LogP contribution in [0, 0.1) is 5.92 Å². The first-order valence-electron chi connectivity index (χ1n) is 10.6. The van der Waals surface area contributed by atoms with E-state index in [1.54, 1.807) is 7.05 Å². The van der Waals surface area contributed by atoms with Gasteiger partial charge in [-0.25, -0.2) is 0 Å². The minimum Gasteiger partial charge on any atom is -0.356 e. The van der Waals surface area contributed by atoms with E-state index in [0.29, 0.717) is 19.5 Å².